The molecule has 5 nitrogen and oxygen atoms in total. The molecule has 110 valence electrons. The predicted molar refractivity (Wildman–Crippen MR) is 82.2 cm³/mol. The van der Waals surface area contributed by atoms with Gasteiger partial charge >= 0.3 is 0 Å². The van der Waals surface area contributed by atoms with Gasteiger partial charge in [-0.25, -0.2) is 0 Å². The Morgan fingerprint density at radius 3 is 2.57 bits per heavy atom. The second kappa shape index (κ2) is 6.45. The van der Waals surface area contributed by atoms with Crippen LogP contribution in [0.4, 0.5) is 5.69 Å². The molecule has 0 bridgehead atoms. The van der Waals surface area contributed by atoms with Crippen LogP contribution in [0.25, 0.3) is 0 Å². The number of anilines is 1. The molecule has 2 N–H and O–H groups in total. The largest absolute Gasteiger partial charge is 0.491 e. The molecule has 0 aliphatic carbocycles. The summed E-state index contributed by atoms with van der Waals surface area (Å²) in [5.41, 5.74) is 0.0390. The summed E-state index contributed by atoms with van der Waals surface area (Å²) in [6, 6.07) is 8.23. The number of carbonyl (C=O) groups excluding carboxylic acids is 1. The summed E-state index contributed by atoms with van der Waals surface area (Å²) in [4.78, 5) is 26.0. The van der Waals surface area contributed by atoms with Gasteiger partial charge in [0, 0.05) is 11.9 Å². The van der Waals surface area contributed by atoms with Crippen LogP contribution in [0.5, 0.6) is 5.75 Å². The standard InChI is InChI=1S/C15H15ClN2O3/c1-9(2)21-12-5-3-11(4-6-12)18-15(20)13-7-10(16)8-17-14(13)19/h3-9H,1-2H3,(H,17,19)(H,18,20). The van der Waals surface area contributed by atoms with Crippen molar-refractivity contribution in [2.24, 2.45) is 0 Å². The van der Waals surface area contributed by atoms with E-state index in [9.17, 15) is 9.59 Å². The highest BCUT2D eigenvalue weighted by molar-refractivity contribution is 6.30. The number of carbonyl (C=O) groups is 1. The Labute approximate surface area is 126 Å². The van der Waals surface area contributed by atoms with Crippen LogP contribution in [-0.2, 0) is 0 Å². The number of rotatable bonds is 4. The lowest BCUT2D eigenvalue weighted by Crippen LogP contribution is -2.22. The van der Waals surface area contributed by atoms with Gasteiger partial charge in [-0.1, -0.05) is 11.6 Å². The zero-order chi connectivity index (χ0) is 15.4. The molecule has 1 heterocycles. The van der Waals surface area contributed by atoms with Crippen LogP contribution in [0.1, 0.15) is 24.2 Å². The molecule has 0 aliphatic heterocycles. The number of amides is 1. The van der Waals surface area contributed by atoms with E-state index in [-0.39, 0.29) is 11.7 Å². The number of ether oxygens (including phenoxy) is 1. The molecular weight excluding hydrogens is 292 g/mol. The Kier molecular flexibility index (Phi) is 4.65. The summed E-state index contributed by atoms with van der Waals surface area (Å²) in [5.74, 6) is 0.194. The van der Waals surface area contributed by atoms with E-state index in [1.54, 1.807) is 24.3 Å². The number of aromatic amines is 1. The van der Waals surface area contributed by atoms with Crippen molar-refractivity contribution in [1.29, 1.82) is 0 Å². The second-order valence-electron chi connectivity index (χ2n) is 4.71. The van der Waals surface area contributed by atoms with Crippen LogP contribution in [0.3, 0.4) is 0 Å². The van der Waals surface area contributed by atoms with Gasteiger partial charge in [0.15, 0.2) is 0 Å². The number of pyridine rings is 1. The molecule has 0 fully saturated rings. The Balaban J connectivity index is 2.12. The van der Waals surface area contributed by atoms with Gasteiger partial charge in [-0.3, -0.25) is 9.59 Å². The maximum atomic E-state index is 12.0. The Bertz CT molecular complexity index is 693. The molecule has 0 saturated heterocycles. The van der Waals surface area contributed by atoms with Gasteiger partial charge in [0.25, 0.3) is 11.5 Å². The number of H-pyrrole nitrogens is 1. The van der Waals surface area contributed by atoms with Crippen molar-refractivity contribution in [3.8, 4) is 5.75 Å². The molecule has 2 rings (SSSR count). The van der Waals surface area contributed by atoms with E-state index in [4.69, 9.17) is 16.3 Å². The van der Waals surface area contributed by atoms with Gasteiger partial charge in [0.05, 0.1) is 11.1 Å². The molecule has 0 saturated carbocycles. The van der Waals surface area contributed by atoms with Crippen molar-refractivity contribution in [1.82, 2.24) is 4.98 Å². The summed E-state index contributed by atoms with van der Waals surface area (Å²) < 4.78 is 5.51. The molecule has 6 heteroatoms. The lowest BCUT2D eigenvalue weighted by Gasteiger charge is -2.10. The van der Waals surface area contributed by atoms with Gasteiger partial charge < -0.3 is 15.0 Å². The van der Waals surface area contributed by atoms with Crippen molar-refractivity contribution < 1.29 is 9.53 Å². The lowest BCUT2D eigenvalue weighted by molar-refractivity contribution is 0.102. The number of hydrogen-bond donors (Lipinski definition) is 2. The molecule has 0 aliphatic rings. The molecule has 0 unspecified atom stereocenters. The highest BCUT2D eigenvalue weighted by atomic mass is 35.5. The monoisotopic (exact) mass is 306 g/mol. The van der Waals surface area contributed by atoms with Gasteiger partial charge in [0.1, 0.15) is 11.3 Å². The minimum absolute atomic E-state index is 0.0370. The number of nitrogens with one attached hydrogen (secondary N) is 2. The average Bonchev–Trinajstić information content (AvgIpc) is 2.43. The van der Waals surface area contributed by atoms with Crippen molar-refractivity contribution >= 4 is 23.2 Å². The SMILES string of the molecule is CC(C)Oc1ccc(NC(=O)c2cc(Cl)c[nH]c2=O)cc1. The molecule has 0 spiro atoms. The second-order valence-corrected chi connectivity index (χ2v) is 5.14. The molecule has 2 aromatic rings. The Morgan fingerprint density at radius 1 is 1.29 bits per heavy atom. The zero-order valence-electron chi connectivity index (χ0n) is 11.6. The summed E-state index contributed by atoms with van der Waals surface area (Å²) in [6.07, 6.45) is 1.41. The highest BCUT2D eigenvalue weighted by Crippen LogP contribution is 2.17. The zero-order valence-corrected chi connectivity index (χ0v) is 12.4. The van der Waals surface area contributed by atoms with E-state index in [1.165, 1.54) is 12.3 Å². The van der Waals surface area contributed by atoms with Crippen LogP contribution in [0, 0.1) is 0 Å². The smallest absolute Gasteiger partial charge is 0.261 e. The van der Waals surface area contributed by atoms with Crippen molar-refractivity contribution in [2.75, 3.05) is 5.32 Å². The van der Waals surface area contributed by atoms with E-state index in [0.29, 0.717) is 16.5 Å². The van der Waals surface area contributed by atoms with Crippen LogP contribution in [0.2, 0.25) is 5.02 Å². The first kappa shape index (κ1) is 15.1. The normalized spacial score (nSPS) is 10.5. The fraction of sp³-hybridized carbons (Fsp3) is 0.200. The van der Waals surface area contributed by atoms with Crippen molar-refractivity contribution in [3.05, 3.63) is 57.5 Å². The van der Waals surface area contributed by atoms with Gasteiger partial charge in [0.2, 0.25) is 0 Å². The molecule has 21 heavy (non-hydrogen) atoms. The first-order valence-electron chi connectivity index (χ1n) is 6.42. The van der Waals surface area contributed by atoms with Crippen LogP contribution in [-0.4, -0.2) is 17.0 Å². The third-order valence-corrected chi connectivity index (χ3v) is 2.81. The van der Waals surface area contributed by atoms with E-state index >= 15 is 0 Å². The highest BCUT2D eigenvalue weighted by Gasteiger charge is 2.11. The van der Waals surface area contributed by atoms with E-state index in [1.807, 2.05) is 13.8 Å². The first-order chi connectivity index (χ1) is 9.95. The summed E-state index contributed by atoms with van der Waals surface area (Å²) in [5, 5.41) is 2.93. The summed E-state index contributed by atoms with van der Waals surface area (Å²) in [6.45, 7) is 3.86. The number of benzene rings is 1. The molecule has 1 amide bonds. The molecule has 0 atom stereocenters. The summed E-state index contributed by atoms with van der Waals surface area (Å²) in [7, 11) is 0. The lowest BCUT2D eigenvalue weighted by atomic mass is 10.2. The molecule has 0 radical (unpaired) electrons. The third-order valence-electron chi connectivity index (χ3n) is 2.60. The molecular formula is C15H15ClN2O3. The quantitative estimate of drug-likeness (QED) is 0.912. The van der Waals surface area contributed by atoms with Gasteiger partial charge in [-0.15, -0.1) is 0 Å². The first-order valence-corrected chi connectivity index (χ1v) is 6.80. The van der Waals surface area contributed by atoms with Gasteiger partial charge in [-0.05, 0) is 44.2 Å². The Hall–Kier alpha value is -2.27. The fourth-order valence-corrected chi connectivity index (χ4v) is 1.88. The van der Waals surface area contributed by atoms with Gasteiger partial charge in [-0.2, -0.15) is 0 Å². The molecule has 1 aromatic heterocycles. The summed E-state index contributed by atoms with van der Waals surface area (Å²) >= 11 is 5.77. The number of hydrogen-bond acceptors (Lipinski definition) is 3. The van der Waals surface area contributed by atoms with Crippen molar-refractivity contribution in [3.63, 3.8) is 0 Å². The maximum Gasteiger partial charge on any atom is 0.261 e. The fourth-order valence-electron chi connectivity index (χ4n) is 1.71. The predicted octanol–water partition coefficient (Wildman–Crippen LogP) is 3.07. The van der Waals surface area contributed by atoms with Crippen molar-refractivity contribution in [2.45, 2.75) is 20.0 Å². The average molecular weight is 307 g/mol. The topological polar surface area (TPSA) is 71.2 Å². The van der Waals surface area contributed by atoms with Crippen LogP contribution < -0.4 is 15.6 Å². The maximum absolute atomic E-state index is 12.0. The third kappa shape index (κ3) is 4.10. The van der Waals surface area contributed by atoms with Crippen LogP contribution in [0.15, 0.2) is 41.3 Å². The van der Waals surface area contributed by atoms with E-state index in [0.717, 1.165) is 0 Å². The Morgan fingerprint density at radius 2 is 1.95 bits per heavy atom. The molecule has 1 aromatic carbocycles. The minimum Gasteiger partial charge on any atom is -0.491 e. The minimum atomic E-state index is -0.517. The number of aromatic nitrogens is 1. The van der Waals surface area contributed by atoms with E-state index < -0.39 is 11.5 Å². The van der Waals surface area contributed by atoms with Crippen LogP contribution >= 0.6 is 11.6 Å². The number of halogens is 1. The van der Waals surface area contributed by atoms with E-state index in [2.05, 4.69) is 10.3 Å².